The van der Waals surface area contributed by atoms with Gasteiger partial charge in [-0.05, 0) is 42.9 Å². The number of pyridine rings is 1. The van der Waals surface area contributed by atoms with E-state index < -0.39 is 0 Å². The van der Waals surface area contributed by atoms with Gasteiger partial charge in [0.2, 0.25) is 0 Å². The average Bonchev–Trinajstić information content (AvgIpc) is 2.51. The van der Waals surface area contributed by atoms with Crippen LogP contribution in [-0.4, -0.2) is 22.6 Å². The lowest BCUT2D eigenvalue weighted by Gasteiger charge is -2.26. The Bertz CT molecular complexity index is 475. The van der Waals surface area contributed by atoms with E-state index in [2.05, 4.69) is 22.4 Å². The van der Waals surface area contributed by atoms with Crippen molar-refractivity contribution in [2.45, 2.75) is 45.6 Å². The highest BCUT2D eigenvalue weighted by Gasteiger charge is 2.18. The summed E-state index contributed by atoms with van der Waals surface area (Å²) in [5.74, 6) is 1.81. The highest BCUT2D eigenvalue weighted by Crippen LogP contribution is 2.30. The number of hydrogen-bond donors (Lipinski definition) is 3. The van der Waals surface area contributed by atoms with Gasteiger partial charge in [0.25, 0.3) is 0 Å². The van der Waals surface area contributed by atoms with E-state index in [4.69, 9.17) is 10.9 Å². The molecule has 1 aliphatic carbocycles. The molecule has 0 saturated heterocycles. The van der Waals surface area contributed by atoms with Gasteiger partial charge in [0.15, 0.2) is 5.84 Å². The number of oxime groups is 1. The highest BCUT2D eigenvalue weighted by atomic mass is 16.4. The smallest absolute Gasteiger partial charge is 0.189 e. The summed E-state index contributed by atoms with van der Waals surface area (Å²) in [6.45, 7) is 4.06. The van der Waals surface area contributed by atoms with Crippen LogP contribution in [0.25, 0.3) is 0 Å². The molecule has 0 spiro atoms. The quantitative estimate of drug-likeness (QED) is 0.247. The molecule has 2 rings (SSSR count). The van der Waals surface area contributed by atoms with Gasteiger partial charge in [0.05, 0.1) is 0 Å². The Morgan fingerprint density at radius 3 is 3.14 bits per heavy atom. The van der Waals surface area contributed by atoms with Crippen molar-refractivity contribution in [3.8, 4) is 0 Å². The Morgan fingerprint density at radius 2 is 2.38 bits per heavy atom. The molecule has 0 bridgehead atoms. The first-order valence-electron chi connectivity index (χ1n) is 7.83. The van der Waals surface area contributed by atoms with Crippen molar-refractivity contribution in [1.29, 1.82) is 0 Å². The molecule has 1 aliphatic rings. The second-order valence-electron chi connectivity index (χ2n) is 6.10. The van der Waals surface area contributed by atoms with E-state index >= 15 is 0 Å². The van der Waals surface area contributed by atoms with E-state index in [1.807, 2.05) is 12.1 Å². The third-order valence-corrected chi connectivity index (χ3v) is 4.33. The number of aromatic nitrogens is 1. The summed E-state index contributed by atoms with van der Waals surface area (Å²) in [4.78, 5) is 4.17. The minimum absolute atomic E-state index is 0.0634. The van der Waals surface area contributed by atoms with Crippen LogP contribution >= 0.6 is 0 Å². The van der Waals surface area contributed by atoms with Gasteiger partial charge in [-0.15, -0.1) is 0 Å². The number of hydrogen-bond acceptors (Lipinski definition) is 4. The van der Waals surface area contributed by atoms with Gasteiger partial charge in [-0.3, -0.25) is 4.98 Å². The summed E-state index contributed by atoms with van der Waals surface area (Å²) in [7, 11) is 0. The number of rotatable bonds is 6. The molecule has 1 aromatic heterocycles. The molecule has 0 aliphatic heterocycles. The van der Waals surface area contributed by atoms with Crippen LogP contribution in [0.3, 0.4) is 0 Å². The van der Waals surface area contributed by atoms with Crippen LogP contribution in [0.2, 0.25) is 0 Å². The first-order valence-corrected chi connectivity index (χ1v) is 7.83. The van der Waals surface area contributed by atoms with Gasteiger partial charge in [-0.25, -0.2) is 0 Å². The SMILES string of the molecule is CC1CCCC(CCNCc2cccnc2C(N)=NO)C1. The van der Waals surface area contributed by atoms with Crippen LogP contribution in [0.4, 0.5) is 0 Å². The monoisotopic (exact) mass is 290 g/mol. The molecule has 116 valence electrons. The zero-order valence-electron chi connectivity index (χ0n) is 12.8. The molecule has 5 heteroatoms. The second kappa shape index (κ2) is 7.98. The molecule has 1 fully saturated rings. The van der Waals surface area contributed by atoms with Crippen molar-refractivity contribution >= 4 is 5.84 Å². The number of nitrogens with two attached hydrogens (primary N) is 1. The average molecular weight is 290 g/mol. The molecule has 2 atom stereocenters. The standard InChI is InChI=1S/C16H26N4O/c1-12-4-2-5-13(10-12)7-9-18-11-14-6-3-8-19-15(14)16(17)20-21/h3,6,8,12-13,18,21H,2,4-5,7,9-11H2,1H3,(H2,17,20). The van der Waals surface area contributed by atoms with Gasteiger partial charge >= 0.3 is 0 Å². The third-order valence-electron chi connectivity index (χ3n) is 4.33. The number of nitrogens with one attached hydrogen (secondary N) is 1. The van der Waals surface area contributed by atoms with Crippen molar-refractivity contribution < 1.29 is 5.21 Å². The molecule has 21 heavy (non-hydrogen) atoms. The van der Waals surface area contributed by atoms with Crippen LogP contribution in [0.5, 0.6) is 0 Å². The van der Waals surface area contributed by atoms with Crippen molar-refractivity contribution in [1.82, 2.24) is 10.3 Å². The topological polar surface area (TPSA) is 83.5 Å². The zero-order chi connectivity index (χ0) is 15.1. The van der Waals surface area contributed by atoms with E-state index in [1.54, 1.807) is 6.20 Å². The Kier molecular flexibility index (Phi) is 5.99. The third kappa shape index (κ3) is 4.70. The molecule has 4 N–H and O–H groups in total. The summed E-state index contributed by atoms with van der Waals surface area (Å²) in [5, 5.41) is 15.3. The molecule has 1 heterocycles. The molecule has 0 amide bonds. The Balaban J connectivity index is 1.78. The fourth-order valence-corrected chi connectivity index (χ4v) is 3.21. The maximum atomic E-state index is 8.78. The normalized spacial score (nSPS) is 23.2. The summed E-state index contributed by atoms with van der Waals surface area (Å²) in [6, 6.07) is 3.82. The van der Waals surface area contributed by atoms with E-state index in [0.29, 0.717) is 12.2 Å². The van der Waals surface area contributed by atoms with Crippen LogP contribution in [0.15, 0.2) is 23.5 Å². The lowest BCUT2D eigenvalue weighted by atomic mass is 9.81. The fraction of sp³-hybridized carbons (Fsp3) is 0.625. The second-order valence-corrected chi connectivity index (χ2v) is 6.10. The minimum atomic E-state index is 0.0634. The fourth-order valence-electron chi connectivity index (χ4n) is 3.21. The summed E-state index contributed by atoms with van der Waals surface area (Å²) >= 11 is 0. The molecular formula is C16H26N4O. The van der Waals surface area contributed by atoms with E-state index in [-0.39, 0.29) is 5.84 Å². The van der Waals surface area contributed by atoms with Crippen LogP contribution in [0.1, 0.15) is 50.3 Å². The summed E-state index contributed by atoms with van der Waals surface area (Å²) in [5.41, 5.74) is 7.16. The van der Waals surface area contributed by atoms with Crippen LogP contribution in [0, 0.1) is 11.8 Å². The van der Waals surface area contributed by atoms with Crippen LogP contribution < -0.4 is 11.1 Å². The van der Waals surface area contributed by atoms with E-state index in [1.165, 1.54) is 32.1 Å². The Labute approximate surface area is 126 Å². The van der Waals surface area contributed by atoms with Crippen molar-refractivity contribution in [3.05, 3.63) is 29.6 Å². The van der Waals surface area contributed by atoms with Gasteiger partial charge in [0, 0.05) is 12.7 Å². The molecule has 5 nitrogen and oxygen atoms in total. The first-order chi connectivity index (χ1) is 10.2. The van der Waals surface area contributed by atoms with Gasteiger partial charge in [0.1, 0.15) is 5.69 Å². The van der Waals surface area contributed by atoms with E-state index in [9.17, 15) is 0 Å². The van der Waals surface area contributed by atoms with Gasteiger partial charge < -0.3 is 16.3 Å². The van der Waals surface area contributed by atoms with Gasteiger partial charge in [-0.2, -0.15) is 0 Å². The van der Waals surface area contributed by atoms with Gasteiger partial charge in [-0.1, -0.05) is 37.4 Å². The van der Waals surface area contributed by atoms with Crippen molar-refractivity contribution in [2.75, 3.05) is 6.54 Å². The lowest BCUT2D eigenvalue weighted by Crippen LogP contribution is -2.24. The van der Waals surface area contributed by atoms with Crippen molar-refractivity contribution in [2.24, 2.45) is 22.7 Å². The number of amidine groups is 1. The Hall–Kier alpha value is -1.62. The van der Waals surface area contributed by atoms with Crippen LogP contribution in [-0.2, 0) is 6.54 Å². The maximum absolute atomic E-state index is 8.78. The molecular weight excluding hydrogens is 264 g/mol. The number of nitrogens with zero attached hydrogens (tertiary/aromatic N) is 2. The largest absolute Gasteiger partial charge is 0.409 e. The summed E-state index contributed by atoms with van der Waals surface area (Å²) < 4.78 is 0. The predicted molar refractivity (Wildman–Crippen MR) is 84.2 cm³/mol. The Morgan fingerprint density at radius 1 is 1.52 bits per heavy atom. The van der Waals surface area contributed by atoms with Crippen molar-refractivity contribution in [3.63, 3.8) is 0 Å². The highest BCUT2D eigenvalue weighted by molar-refractivity contribution is 5.96. The lowest BCUT2D eigenvalue weighted by molar-refractivity contribution is 0.267. The predicted octanol–water partition coefficient (Wildman–Crippen LogP) is 2.48. The minimum Gasteiger partial charge on any atom is -0.409 e. The first kappa shape index (κ1) is 15.8. The molecule has 2 unspecified atom stereocenters. The maximum Gasteiger partial charge on any atom is 0.189 e. The molecule has 1 aromatic rings. The zero-order valence-corrected chi connectivity index (χ0v) is 12.8. The molecule has 0 aromatic carbocycles. The summed E-state index contributed by atoms with van der Waals surface area (Å²) in [6.07, 6.45) is 8.38. The van der Waals surface area contributed by atoms with E-state index in [0.717, 1.165) is 23.9 Å². The molecule has 1 saturated carbocycles. The molecule has 0 radical (unpaired) electrons.